The first-order valence-corrected chi connectivity index (χ1v) is 8.55. The highest BCUT2D eigenvalue weighted by Crippen LogP contribution is 2.11. The predicted molar refractivity (Wildman–Crippen MR) is 96.4 cm³/mol. The van der Waals surface area contributed by atoms with Crippen LogP contribution in [0.5, 0.6) is 5.75 Å². The molecular formula is C18H31N3O2. The third-order valence-electron chi connectivity index (χ3n) is 3.17. The van der Waals surface area contributed by atoms with Gasteiger partial charge in [-0.15, -0.1) is 0 Å². The molecule has 0 saturated carbocycles. The number of hydrogen-bond acceptors (Lipinski definition) is 3. The van der Waals surface area contributed by atoms with Crippen LogP contribution in [0.25, 0.3) is 0 Å². The van der Waals surface area contributed by atoms with Crippen LogP contribution in [-0.2, 0) is 4.74 Å². The molecule has 0 aliphatic rings. The van der Waals surface area contributed by atoms with E-state index in [1.165, 1.54) is 5.56 Å². The van der Waals surface area contributed by atoms with E-state index in [-0.39, 0.29) is 0 Å². The molecule has 0 aliphatic heterocycles. The summed E-state index contributed by atoms with van der Waals surface area (Å²) in [5, 5.41) is 6.53. The third-order valence-corrected chi connectivity index (χ3v) is 3.17. The van der Waals surface area contributed by atoms with Gasteiger partial charge in [0.25, 0.3) is 0 Å². The summed E-state index contributed by atoms with van der Waals surface area (Å²) >= 11 is 0. The van der Waals surface area contributed by atoms with E-state index in [9.17, 15) is 0 Å². The van der Waals surface area contributed by atoms with Crippen LogP contribution in [0, 0.1) is 6.92 Å². The number of nitrogens with one attached hydrogen (secondary N) is 2. The van der Waals surface area contributed by atoms with Crippen molar-refractivity contribution in [2.45, 2.75) is 33.6 Å². The van der Waals surface area contributed by atoms with Crippen molar-refractivity contribution in [2.75, 3.05) is 39.5 Å². The molecule has 0 fully saturated rings. The van der Waals surface area contributed by atoms with Gasteiger partial charge in [-0.1, -0.05) is 12.1 Å². The molecule has 0 radical (unpaired) electrons. The Labute approximate surface area is 140 Å². The van der Waals surface area contributed by atoms with Gasteiger partial charge in [-0.3, -0.25) is 4.99 Å². The smallest absolute Gasteiger partial charge is 0.191 e. The van der Waals surface area contributed by atoms with E-state index in [1.54, 1.807) is 0 Å². The Morgan fingerprint density at radius 2 is 2.00 bits per heavy atom. The largest absolute Gasteiger partial charge is 0.492 e. The molecule has 1 aromatic rings. The van der Waals surface area contributed by atoms with Crippen molar-refractivity contribution >= 4 is 5.96 Å². The lowest BCUT2D eigenvalue weighted by Gasteiger charge is -2.12. The van der Waals surface area contributed by atoms with Crippen LogP contribution in [0.2, 0.25) is 0 Å². The average Bonchev–Trinajstić information content (AvgIpc) is 2.54. The number of unbranched alkanes of at least 4 members (excludes halogenated alkanes) is 1. The van der Waals surface area contributed by atoms with Gasteiger partial charge in [-0.05, 0) is 51.3 Å². The fourth-order valence-electron chi connectivity index (χ4n) is 2.04. The highest BCUT2D eigenvalue weighted by Gasteiger charge is 1.98. The zero-order chi connectivity index (χ0) is 16.8. The number of benzene rings is 1. The van der Waals surface area contributed by atoms with Crippen LogP contribution in [0.15, 0.2) is 29.3 Å². The van der Waals surface area contributed by atoms with E-state index in [2.05, 4.69) is 35.5 Å². The maximum Gasteiger partial charge on any atom is 0.191 e. The van der Waals surface area contributed by atoms with E-state index in [1.807, 2.05) is 25.1 Å². The second-order valence-electron chi connectivity index (χ2n) is 5.26. The average molecular weight is 321 g/mol. The van der Waals surface area contributed by atoms with Gasteiger partial charge in [0.1, 0.15) is 12.4 Å². The quantitative estimate of drug-likeness (QED) is 0.374. The van der Waals surface area contributed by atoms with Crippen LogP contribution >= 0.6 is 0 Å². The van der Waals surface area contributed by atoms with E-state index in [4.69, 9.17) is 9.47 Å². The molecule has 130 valence electrons. The molecule has 1 aromatic carbocycles. The first-order chi connectivity index (χ1) is 11.3. The highest BCUT2D eigenvalue weighted by atomic mass is 16.5. The molecule has 0 unspecified atom stereocenters. The Morgan fingerprint density at radius 1 is 1.13 bits per heavy atom. The zero-order valence-corrected chi connectivity index (χ0v) is 14.7. The lowest BCUT2D eigenvalue weighted by atomic mass is 10.2. The molecule has 0 amide bonds. The molecular weight excluding hydrogens is 290 g/mol. The summed E-state index contributed by atoms with van der Waals surface area (Å²) in [7, 11) is 0. The standard InChI is InChI=1S/C18H31N3O2/c1-4-19-18(20-11-6-7-13-22-5-2)21-12-14-23-17-10-8-9-16(3)15-17/h8-10,15H,4-7,11-14H2,1-3H3,(H2,19,20,21). The van der Waals surface area contributed by atoms with Gasteiger partial charge in [-0.25, -0.2) is 0 Å². The monoisotopic (exact) mass is 321 g/mol. The van der Waals surface area contributed by atoms with Gasteiger partial charge in [0, 0.05) is 26.3 Å². The Bertz CT molecular complexity index is 450. The first kappa shape index (κ1) is 19.3. The van der Waals surface area contributed by atoms with Gasteiger partial charge in [0.05, 0.1) is 6.54 Å². The molecule has 0 bridgehead atoms. The molecule has 5 heteroatoms. The van der Waals surface area contributed by atoms with Crippen molar-refractivity contribution in [3.05, 3.63) is 29.8 Å². The van der Waals surface area contributed by atoms with E-state index < -0.39 is 0 Å². The van der Waals surface area contributed by atoms with Crippen LogP contribution in [0.4, 0.5) is 0 Å². The lowest BCUT2D eigenvalue weighted by Crippen LogP contribution is -2.39. The Morgan fingerprint density at radius 3 is 2.74 bits per heavy atom. The Kier molecular flexibility index (Phi) is 10.7. The minimum Gasteiger partial charge on any atom is -0.492 e. The molecule has 0 saturated heterocycles. The summed E-state index contributed by atoms with van der Waals surface area (Å²) in [4.78, 5) is 4.55. The molecule has 2 N–H and O–H groups in total. The molecule has 0 spiro atoms. The minimum atomic E-state index is 0.609. The minimum absolute atomic E-state index is 0.609. The molecule has 1 rings (SSSR count). The summed E-state index contributed by atoms with van der Waals surface area (Å²) in [6.07, 6.45) is 2.09. The topological polar surface area (TPSA) is 54.9 Å². The number of rotatable bonds is 11. The summed E-state index contributed by atoms with van der Waals surface area (Å²) in [6, 6.07) is 8.08. The van der Waals surface area contributed by atoms with E-state index in [0.717, 1.165) is 57.4 Å². The van der Waals surface area contributed by atoms with E-state index in [0.29, 0.717) is 6.61 Å². The molecule has 23 heavy (non-hydrogen) atoms. The highest BCUT2D eigenvalue weighted by molar-refractivity contribution is 5.79. The predicted octanol–water partition coefficient (Wildman–Crippen LogP) is 2.75. The summed E-state index contributed by atoms with van der Waals surface area (Å²) in [5.41, 5.74) is 1.21. The fraction of sp³-hybridized carbons (Fsp3) is 0.611. The second kappa shape index (κ2) is 12.8. The van der Waals surface area contributed by atoms with Crippen molar-refractivity contribution in [2.24, 2.45) is 4.99 Å². The van der Waals surface area contributed by atoms with E-state index >= 15 is 0 Å². The van der Waals surface area contributed by atoms with Gasteiger partial charge in [0.2, 0.25) is 0 Å². The molecule has 0 aliphatic carbocycles. The summed E-state index contributed by atoms with van der Waals surface area (Å²) < 4.78 is 11.0. The lowest BCUT2D eigenvalue weighted by molar-refractivity contribution is 0.144. The number of guanidine groups is 1. The number of nitrogens with zero attached hydrogens (tertiary/aromatic N) is 1. The Hall–Kier alpha value is -1.75. The van der Waals surface area contributed by atoms with Crippen molar-refractivity contribution in [1.29, 1.82) is 0 Å². The van der Waals surface area contributed by atoms with Crippen molar-refractivity contribution < 1.29 is 9.47 Å². The maximum atomic E-state index is 5.72. The Balaban J connectivity index is 2.21. The SMILES string of the molecule is CCNC(=NCCCCOCC)NCCOc1cccc(C)c1. The first-order valence-electron chi connectivity index (χ1n) is 8.55. The second-order valence-corrected chi connectivity index (χ2v) is 5.26. The van der Waals surface area contributed by atoms with Crippen molar-refractivity contribution in [3.8, 4) is 5.75 Å². The normalized spacial score (nSPS) is 11.3. The summed E-state index contributed by atoms with van der Waals surface area (Å²) in [6.45, 7) is 10.7. The van der Waals surface area contributed by atoms with Gasteiger partial charge in [0.15, 0.2) is 5.96 Å². The zero-order valence-electron chi connectivity index (χ0n) is 14.7. The van der Waals surface area contributed by atoms with Gasteiger partial charge >= 0.3 is 0 Å². The van der Waals surface area contributed by atoms with Crippen LogP contribution in [0.1, 0.15) is 32.3 Å². The van der Waals surface area contributed by atoms with Crippen molar-refractivity contribution in [1.82, 2.24) is 10.6 Å². The van der Waals surface area contributed by atoms with Crippen molar-refractivity contribution in [3.63, 3.8) is 0 Å². The summed E-state index contributed by atoms with van der Waals surface area (Å²) in [5.74, 6) is 1.75. The fourth-order valence-corrected chi connectivity index (χ4v) is 2.04. The van der Waals surface area contributed by atoms with Crippen LogP contribution in [-0.4, -0.2) is 45.4 Å². The molecule has 0 atom stereocenters. The number of aryl methyl sites for hydroxylation is 1. The van der Waals surface area contributed by atoms with Gasteiger partial charge < -0.3 is 20.1 Å². The molecule has 0 heterocycles. The number of hydrogen-bond donors (Lipinski definition) is 2. The molecule has 5 nitrogen and oxygen atoms in total. The van der Waals surface area contributed by atoms with Crippen LogP contribution < -0.4 is 15.4 Å². The van der Waals surface area contributed by atoms with Crippen LogP contribution in [0.3, 0.4) is 0 Å². The number of ether oxygens (including phenoxy) is 2. The number of aliphatic imine (C=N–C) groups is 1. The third kappa shape index (κ3) is 9.79. The van der Waals surface area contributed by atoms with Gasteiger partial charge in [-0.2, -0.15) is 0 Å². The maximum absolute atomic E-state index is 5.72. The molecule has 0 aromatic heterocycles.